The van der Waals surface area contributed by atoms with Crippen LogP contribution >= 0.6 is 0 Å². The summed E-state index contributed by atoms with van der Waals surface area (Å²) in [6, 6.07) is 9.57. The van der Waals surface area contributed by atoms with E-state index in [9.17, 15) is 8.42 Å². The third-order valence-electron chi connectivity index (χ3n) is 5.54. The van der Waals surface area contributed by atoms with E-state index in [0.717, 1.165) is 62.9 Å². The summed E-state index contributed by atoms with van der Waals surface area (Å²) >= 11 is 0. The molecule has 1 aromatic carbocycles. The fourth-order valence-electron chi connectivity index (χ4n) is 4.44. The van der Waals surface area contributed by atoms with Gasteiger partial charge in [-0.25, -0.2) is 0 Å². The minimum Gasteiger partial charge on any atom is -0.386 e. The van der Waals surface area contributed by atoms with Gasteiger partial charge < -0.3 is 4.18 Å². The Kier molecular flexibility index (Phi) is 4.39. The van der Waals surface area contributed by atoms with Gasteiger partial charge >= 0.3 is 10.1 Å². The second kappa shape index (κ2) is 6.52. The van der Waals surface area contributed by atoms with Gasteiger partial charge in [-0.1, -0.05) is 36.8 Å². The lowest BCUT2D eigenvalue weighted by molar-refractivity contribution is 0.157. The Balaban J connectivity index is 1.83. The summed E-state index contributed by atoms with van der Waals surface area (Å²) in [4.78, 5) is 2.40. The van der Waals surface area contributed by atoms with E-state index in [-0.39, 0.29) is 6.04 Å². The maximum atomic E-state index is 13.0. The van der Waals surface area contributed by atoms with Gasteiger partial charge in [-0.3, -0.25) is 4.90 Å². The Morgan fingerprint density at radius 1 is 0.917 bits per heavy atom. The first-order valence-electron chi connectivity index (χ1n) is 9.11. The zero-order chi connectivity index (χ0) is 16.6. The molecule has 0 bridgehead atoms. The molecular formula is C19H25NO3S. The maximum absolute atomic E-state index is 13.0. The lowest BCUT2D eigenvalue weighted by Crippen LogP contribution is -2.49. The Bertz CT molecular complexity index is 720. The normalized spacial score (nSPS) is 30.5. The summed E-state index contributed by atoms with van der Waals surface area (Å²) in [7, 11) is -3.65. The van der Waals surface area contributed by atoms with Crippen molar-refractivity contribution in [2.45, 2.75) is 56.2 Å². The molecule has 4 nitrogen and oxygen atoms in total. The van der Waals surface area contributed by atoms with E-state index in [2.05, 4.69) is 4.90 Å². The molecule has 0 saturated carbocycles. The van der Waals surface area contributed by atoms with Crippen molar-refractivity contribution in [2.24, 2.45) is 0 Å². The van der Waals surface area contributed by atoms with Crippen LogP contribution in [0.15, 0.2) is 41.7 Å². The molecule has 1 aromatic rings. The molecule has 0 radical (unpaired) electrons. The summed E-state index contributed by atoms with van der Waals surface area (Å²) in [6.07, 6.45) is 7.44. The SMILES string of the molecule is O=S1(=O)OC2=C(CCCC2)[C@@H](N2CCCCC2)[C@H]1c1ccccc1. The monoisotopic (exact) mass is 347 g/mol. The standard InChI is InChI=1S/C19H25NO3S/c21-24(22)19(15-9-3-1-4-10-15)18(20-13-7-2-8-14-20)16-11-5-6-12-17(16)23-24/h1,3-4,9-10,18-19H,2,5-8,11-14H2/t18-,19-/m1/s1. The van der Waals surface area contributed by atoms with E-state index >= 15 is 0 Å². The topological polar surface area (TPSA) is 46.6 Å². The molecule has 0 unspecified atom stereocenters. The van der Waals surface area contributed by atoms with Crippen LogP contribution in [0.4, 0.5) is 0 Å². The fourth-order valence-corrected chi connectivity index (χ4v) is 6.16. The Morgan fingerprint density at radius 2 is 1.62 bits per heavy atom. The van der Waals surface area contributed by atoms with Crippen LogP contribution in [0.3, 0.4) is 0 Å². The van der Waals surface area contributed by atoms with Crippen LogP contribution in [-0.4, -0.2) is 32.4 Å². The lowest BCUT2D eigenvalue weighted by atomic mass is 9.86. The van der Waals surface area contributed by atoms with E-state index in [1.165, 1.54) is 12.0 Å². The van der Waals surface area contributed by atoms with Gasteiger partial charge in [0.05, 0.1) is 6.04 Å². The largest absolute Gasteiger partial charge is 0.386 e. The molecular weight excluding hydrogens is 322 g/mol. The predicted molar refractivity (Wildman–Crippen MR) is 93.9 cm³/mol. The van der Waals surface area contributed by atoms with Gasteiger partial charge in [-0.05, 0) is 56.3 Å². The summed E-state index contributed by atoms with van der Waals surface area (Å²) in [5.41, 5.74) is 2.09. The molecule has 5 heteroatoms. The molecule has 0 spiro atoms. The molecule has 24 heavy (non-hydrogen) atoms. The number of piperidine rings is 1. The van der Waals surface area contributed by atoms with Gasteiger partial charge in [0.1, 0.15) is 11.0 Å². The van der Waals surface area contributed by atoms with E-state index in [1.54, 1.807) is 0 Å². The van der Waals surface area contributed by atoms with Crippen LogP contribution in [0.5, 0.6) is 0 Å². The summed E-state index contributed by atoms with van der Waals surface area (Å²) < 4.78 is 31.6. The van der Waals surface area contributed by atoms with Crippen molar-refractivity contribution in [1.29, 1.82) is 0 Å². The molecule has 1 aliphatic carbocycles. The molecule has 2 aliphatic heterocycles. The van der Waals surface area contributed by atoms with Gasteiger partial charge in [0.2, 0.25) is 0 Å². The highest BCUT2D eigenvalue weighted by atomic mass is 32.2. The number of allylic oxidation sites excluding steroid dienone is 1. The highest BCUT2D eigenvalue weighted by molar-refractivity contribution is 7.87. The van der Waals surface area contributed by atoms with Crippen LogP contribution in [0.1, 0.15) is 55.8 Å². The number of hydrogen-bond acceptors (Lipinski definition) is 4. The average Bonchev–Trinajstić information content (AvgIpc) is 2.61. The Hall–Kier alpha value is -1.33. The number of rotatable bonds is 2. The molecule has 4 rings (SSSR count). The average molecular weight is 347 g/mol. The fraction of sp³-hybridized carbons (Fsp3) is 0.579. The molecule has 2 heterocycles. The molecule has 0 aromatic heterocycles. The van der Waals surface area contributed by atoms with Gasteiger partial charge in [0, 0.05) is 6.42 Å². The lowest BCUT2D eigenvalue weighted by Gasteiger charge is -2.44. The highest BCUT2D eigenvalue weighted by Gasteiger charge is 2.47. The molecule has 2 atom stereocenters. The number of nitrogens with zero attached hydrogens (tertiary/aromatic N) is 1. The zero-order valence-corrected chi connectivity index (χ0v) is 14.8. The summed E-state index contributed by atoms with van der Waals surface area (Å²) in [6.45, 7) is 1.97. The number of likely N-dealkylation sites (tertiary alicyclic amines) is 1. The van der Waals surface area contributed by atoms with Crippen LogP contribution < -0.4 is 0 Å². The van der Waals surface area contributed by atoms with Crippen molar-refractivity contribution in [3.8, 4) is 0 Å². The molecule has 1 fully saturated rings. The van der Waals surface area contributed by atoms with Crippen LogP contribution in [0.25, 0.3) is 0 Å². The van der Waals surface area contributed by atoms with Gasteiger partial charge in [-0.15, -0.1) is 0 Å². The van der Waals surface area contributed by atoms with Gasteiger partial charge in [0.15, 0.2) is 0 Å². The minimum absolute atomic E-state index is 0.0539. The predicted octanol–water partition coefficient (Wildman–Crippen LogP) is 3.77. The maximum Gasteiger partial charge on any atom is 0.317 e. The smallest absolute Gasteiger partial charge is 0.317 e. The van der Waals surface area contributed by atoms with Crippen molar-refractivity contribution in [3.05, 3.63) is 47.2 Å². The Labute approximate surface area is 144 Å². The van der Waals surface area contributed by atoms with Gasteiger partial charge in [-0.2, -0.15) is 8.42 Å². The van der Waals surface area contributed by atoms with Crippen molar-refractivity contribution in [2.75, 3.05) is 13.1 Å². The molecule has 3 aliphatic rings. The van der Waals surface area contributed by atoms with Crippen molar-refractivity contribution < 1.29 is 12.6 Å². The first-order chi connectivity index (χ1) is 11.7. The van der Waals surface area contributed by atoms with E-state index < -0.39 is 15.4 Å². The second-order valence-electron chi connectivity index (χ2n) is 7.10. The van der Waals surface area contributed by atoms with Crippen molar-refractivity contribution >= 4 is 10.1 Å². The van der Waals surface area contributed by atoms with Crippen LogP contribution in [-0.2, 0) is 14.3 Å². The van der Waals surface area contributed by atoms with E-state index in [1.807, 2.05) is 30.3 Å². The minimum atomic E-state index is -3.65. The zero-order valence-electron chi connectivity index (χ0n) is 14.0. The third kappa shape index (κ3) is 2.88. The van der Waals surface area contributed by atoms with Crippen LogP contribution in [0, 0.1) is 0 Å². The third-order valence-corrected chi connectivity index (χ3v) is 7.13. The highest BCUT2D eigenvalue weighted by Crippen LogP contribution is 2.45. The molecule has 130 valence electrons. The van der Waals surface area contributed by atoms with E-state index in [4.69, 9.17) is 4.18 Å². The quantitative estimate of drug-likeness (QED) is 0.764. The Morgan fingerprint density at radius 3 is 2.38 bits per heavy atom. The molecule has 0 amide bonds. The van der Waals surface area contributed by atoms with Gasteiger partial charge in [0.25, 0.3) is 0 Å². The summed E-state index contributed by atoms with van der Waals surface area (Å²) in [5.74, 6) is 0.740. The van der Waals surface area contributed by atoms with E-state index in [0.29, 0.717) is 0 Å². The molecule has 1 saturated heterocycles. The number of benzene rings is 1. The first-order valence-corrected chi connectivity index (χ1v) is 10.6. The summed E-state index contributed by atoms with van der Waals surface area (Å²) in [5, 5.41) is -0.603. The number of hydrogen-bond donors (Lipinski definition) is 0. The first kappa shape index (κ1) is 16.2. The van der Waals surface area contributed by atoms with Crippen molar-refractivity contribution in [3.63, 3.8) is 0 Å². The molecule has 0 N–H and O–H groups in total. The second-order valence-corrected chi connectivity index (χ2v) is 8.76. The van der Waals surface area contributed by atoms with Crippen molar-refractivity contribution in [1.82, 2.24) is 4.90 Å². The van der Waals surface area contributed by atoms with Crippen LogP contribution in [0.2, 0.25) is 0 Å².